The molecule has 0 fully saturated rings. The molecule has 0 amide bonds. The lowest BCUT2D eigenvalue weighted by Gasteiger charge is -2.37. The molecule has 1 atom stereocenters. The van der Waals surface area contributed by atoms with Gasteiger partial charge in [-0.3, -0.25) is 0 Å². The number of benzene rings is 2. The van der Waals surface area contributed by atoms with Gasteiger partial charge < -0.3 is 19.3 Å². The molecule has 4 heteroatoms. The first-order chi connectivity index (χ1) is 12.9. The first-order valence-corrected chi connectivity index (χ1v) is 9.81. The van der Waals surface area contributed by atoms with Crippen LogP contribution < -0.4 is 14.2 Å². The fourth-order valence-corrected chi connectivity index (χ4v) is 4.21. The largest absolute Gasteiger partial charge is 0.508 e. The van der Waals surface area contributed by atoms with Gasteiger partial charge in [0.25, 0.3) is 0 Å². The van der Waals surface area contributed by atoms with E-state index < -0.39 is 0 Å². The standard InChI is InChI=1S/C23H28O4/c1-5-25-17-6-7-18(20(24)12-17)16-11-15-10-14(2)21-19(22(15)26-13-16)8-9-23(3,4)27-21/h6-7,10,12,16,24H,5,8-9,11,13H2,1-4H3. The van der Waals surface area contributed by atoms with Crippen LogP contribution in [0.4, 0.5) is 0 Å². The maximum Gasteiger partial charge on any atom is 0.129 e. The van der Waals surface area contributed by atoms with Crippen LogP contribution in [0.15, 0.2) is 24.3 Å². The van der Waals surface area contributed by atoms with Crippen molar-refractivity contribution in [3.63, 3.8) is 0 Å². The van der Waals surface area contributed by atoms with Gasteiger partial charge in [0.05, 0.1) is 13.2 Å². The first kappa shape index (κ1) is 18.0. The third-order valence-corrected chi connectivity index (χ3v) is 5.59. The van der Waals surface area contributed by atoms with Crippen LogP contribution in [0.25, 0.3) is 0 Å². The van der Waals surface area contributed by atoms with E-state index in [4.69, 9.17) is 14.2 Å². The third-order valence-electron chi connectivity index (χ3n) is 5.59. The van der Waals surface area contributed by atoms with Crippen molar-refractivity contribution in [1.82, 2.24) is 0 Å². The average molecular weight is 368 g/mol. The topological polar surface area (TPSA) is 47.9 Å². The summed E-state index contributed by atoms with van der Waals surface area (Å²) in [4.78, 5) is 0. The van der Waals surface area contributed by atoms with Crippen LogP contribution in [0.3, 0.4) is 0 Å². The highest BCUT2D eigenvalue weighted by molar-refractivity contribution is 5.57. The van der Waals surface area contributed by atoms with Gasteiger partial charge in [-0.05, 0) is 70.2 Å². The number of fused-ring (bicyclic) bond motifs is 3. The number of phenols is 1. The van der Waals surface area contributed by atoms with E-state index in [-0.39, 0.29) is 17.3 Å². The molecule has 4 rings (SSSR count). The van der Waals surface area contributed by atoms with Crippen LogP contribution in [0.1, 0.15) is 55.4 Å². The number of hydrogen-bond donors (Lipinski definition) is 1. The van der Waals surface area contributed by atoms with E-state index in [0.717, 1.165) is 41.9 Å². The Hall–Kier alpha value is -2.36. The highest BCUT2D eigenvalue weighted by Crippen LogP contribution is 2.46. The van der Waals surface area contributed by atoms with Crippen LogP contribution in [-0.2, 0) is 12.8 Å². The summed E-state index contributed by atoms with van der Waals surface area (Å²) in [5.41, 5.74) is 4.36. The molecule has 0 radical (unpaired) electrons. The molecule has 0 aliphatic carbocycles. The summed E-state index contributed by atoms with van der Waals surface area (Å²) in [6, 6.07) is 7.76. The van der Waals surface area contributed by atoms with Crippen LogP contribution >= 0.6 is 0 Å². The zero-order chi connectivity index (χ0) is 19.2. The lowest BCUT2D eigenvalue weighted by Crippen LogP contribution is -2.34. The highest BCUT2D eigenvalue weighted by Gasteiger charge is 2.34. The minimum Gasteiger partial charge on any atom is -0.508 e. The van der Waals surface area contributed by atoms with E-state index in [1.807, 2.05) is 19.1 Å². The SMILES string of the molecule is CCOc1ccc(C2COc3c(cc(C)c4c3CCC(C)(C)O4)C2)c(O)c1. The predicted molar refractivity (Wildman–Crippen MR) is 105 cm³/mol. The Kier molecular flexibility index (Phi) is 4.45. The van der Waals surface area contributed by atoms with Crippen molar-refractivity contribution in [2.45, 2.75) is 58.5 Å². The van der Waals surface area contributed by atoms with Crippen LogP contribution in [0.5, 0.6) is 23.0 Å². The van der Waals surface area contributed by atoms with E-state index >= 15 is 0 Å². The van der Waals surface area contributed by atoms with Crippen LogP contribution in [0.2, 0.25) is 0 Å². The van der Waals surface area contributed by atoms with Crippen molar-refractivity contribution in [2.24, 2.45) is 0 Å². The molecule has 2 heterocycles. The molecule has 0 saturated carbocycles. The van der Waals surface area contributed by atoms with Crippen molar-refractivity contribution >= 4 is 0 Å². The summed E-state index contributed by atoms with van der Waals surface area (Å²) in [6.07, 6.45) is 2.82. The number of rotatable bonds is 3. The molecule has 4 nitrogen and oxygen atoms in total. The average Bonchev–Trinajstić information content (AvgIpc) is 2.61. The molecule has 1 N–H and O–H groups in total. The molecule has 0 aromatic heterocycles. The quantitative estimate of drug-likeness (QED) is 0.835. The molecule has 0 saturated heterocycles. The van der Waals surface area contributed by atoms with Crippen molar-refractivity contribution in [3.8, 4) is 23.0 Å². The molecule has 2 aromatic carbocycles. The Balaban J connectivity index is 1.64. The Morgan fingerprint density at radius 2 is 2.04 bits per heavy atom. The molecule has 2 aliphatic heterocycles. The van der Waals surface area contributed by atoms with Crippen LogP contribution in [0, 0.1) is 6.92 Å². The number of aryl methyl sites for hydroxylation is 1. The number of phenolic OH excluding ortho intramolecular Hbond substituents is 1. The van der Waals surface area contributed by atoms with E-state index in [1.165, 1.54) is 11.1 Å². The maximum atomic E-state index is 10.5. The van der Waals surface area contributed by atoms with Gasteiger partial charge in [0.15, 0.2) is 0 Å². The summed E-state index contributed by atoms with van der Waals surface area (Å²) in [7, 11) is 0. The minimum atomic E-state index is -0.128. The van der Waals surface area contributed by atoms with Gasteiger partial charge in [-0.25, -0.2) is 0 Å². The number of aromatic hydroxyl groups is 1. The van der Waals surface area contributed by atoms with E-state index in [1.54, 1.807) is 6.07 Å². The Morgan fingerprint density at radius 3 is 2.78 bits per heavy atom. The fourth-order valence-electron chi connectivity index (χ4n) is 4.21. The molecular weight excluding hydrogens is 340 g/mol. The van der Waals surface area contributed by atoms with Crippen molar-refractivity contribution in [1.29, 1.82) is 0 Å². The molecule has 1 unspecified atom stereocenters. The summed E-state index contributed by atoms with van der Waals surface area (Å²) < 4.78 is 17.9. The van der Waals surface area contributed by atoms with Gasteiger partial charge in [-0.2, -0.15) is 0 Å². The second kappa shape index (κ2) is 6.66. The lowest BCUT2D eigenvalue weighted by atomic mass is 9.85. The zero-order valence-corrected chi connectivity index (χ0v) is 16.6. The monoisotopic (exact) mass is 368 g/mol. The second-order valence-electron chi connectivity index (χ2n) is 8.22. The zero-order valence-electron chi connectivity index (χ0n) is 16.6. The van der Waals surface area contributed by atoms with Gasteiger partial charge in [0.2, 0.25) is 0 Å². The molecule has 0 bridgehead atoms. The van der Waals surface area contributed by atoms with Crippen LogP contribution in [-0.4, -0.2) is 23.9 Å². The molecular formula is C23H28O4. The lowest BCUT2D eigenvalue weighted by molar-refractivity contribution is 0.0816. The van der Waals surface area contributed by atoms with E-state index in [0.29, 0.717) is 19.0 Å². The molecule has 144 valence electrons. The molecule has 0 spiro atoms. The minimum absolute atomic E-state index is 0.128. The normalized spacial score (nSPS) is 20.1. The first-order valence-electron chi connectivity index (χ1n) is 9.81. The number of hydrogen-bond acceptors (Lipinski definition) is 4. The van der Waals surface area contributed by atoms with E-state index in [2.05, 4.69) is 26.8 Å². The predicted octanol–water partition coefficient (Wildman–Crippen LogP) is 4.92. The summed E-state index contributed by atoms with van der Waals surface area (Å²) in [5, 5.41) is 10.5. The van der Waals surface area contributed by atoms with Crippen molar-refractivity contribution < 1.29 is 19.3 Å². The molecule has 27 heavy (non-hydrogen) atoms. The Bertz CT molecular complexity index is 869. The summed E-state index contributed by atoms with van der Waals surface area (Å²) in [5.74, 6) is 3.09. The summed E-state index contributed by atoms with van der Waals surface area (Å²) >= 11 is 0. The van der Waals surface area contributed by atoms with Crippen molar-refractivity contribution in [3.05, 3.63) is 46.5 Å². The Labute approximate surface area is 161 Å². The van der Waals surface area contributed by atoms with Gasteiger partial charge >= 0.3 is 0 Å². The number of ether oxygens (including phenoxy) is 3. The fraction of sp³-hybridized carbons (Fsp3) is 0.478. The third kappa shape index (κ3) is 3.33. The van der Waals surface area contributed by atoms with E-state index in [9.17, 15) is 5.11 Å². The Morgan fingerprint density at radius 1 is 1.22 bits per heavy atom. The smallest absolute Gasteiger partial charge is 0.129 e. The summed E-state index contributed by atoms with van der Waals surface area (Å²) in [6.45, 7) is 9.47. The maximum absolute atomic E-state index is 10.5. The van der Waals surface area contributed by atoms with Gasteiger partial charge in [0, 0.05) is 23.1 Å². The van der Waals surface area contributed by atoms with Gasteiger partial charge in [-0.1, -0.05) is 6.07 Å². The molecule has 2 aliphatic rings. The molecule has 2 aromatic rings. The van der Waals surface area contributed by atoms with Gasteiger partial charge in [-0.15, -0.1) is 0 Å². The second-order valence-corrected chi connectivity index (χ2v) is 8.22. The van der Waals surface area contributed by atoms with Gasteiger partial charge in [0.1, 0.15) is 28.6 Å². The van der Waals surface area contributed by atoms with Crippen molar-refractivity contribution in [2.75, 3.05) is 13.2 Å². The highest BCUT2D eigenvalue weighted by atomic mass is 16.5.